The molecule has 0 bridgehead atoms. The Morgan fingerprint density at radius 1 is 0.868 bits per heavy atom. The Hall–Kier alpha value is -3.38. The molecule has 4 aromatic rings. The highest BCUT2D eigenvalue weighted by atomic mass is 32.2. The van der Waals surface area contributed by atoms with E-state index in [1.165, 1.54) is 30.5 Å². The van der Waals surface area contributed by atoms with Crippen LogP contribution in [0.5, 0.6) is 0 Å². The van der Waals surface area contributed by atoms with E-state index in [1.54, 1.807) is 12.1 Å². The minimum absolute atomic E-state index is 0.0185. The van der Waals surface area contributed by atoms with Crippen LogP contribution in [0.4, 0.5) is 37.7 Å². The third-order valence-electron chi connectivity index (χ3n) is 6.06. The summed E-state index contributed by atoms with van der Waals surface area (Å²) in [4.78, 5) is 15.2. The summed E-state index contributed by atoms with van der Waals surface area (Å²) in [6.45, 7) is 2.23. The molecule has 12 heteroatoms. The zero-order valence-electron chi connectivity index (χ0n) is 19.8. The zero-order chi connectivity index (χ0) is 26.9. The summed E-state index contributed by atoms with van der Waals surface area (Å²) >= 11 is 1.86. The molecule has 3 aromatic heterocycles. The second-order valence-electron chi connectivity index (χ2n) is 8.71. The second-order valence-corrected chi connectivity index (χ2v) is 9.94. The zero-order valence-corrected chi connectivity index (χ0v) is 20.6. The Balaban J connectivity index is 1.57. The maximum Gasteiger partial charge on any atom is 0.418 e. The van der Waals surface area contributed by atoms with Crippen molar-refractivity contribution in [2.45, 2.75) is 18.9 Å². The minimum atomic E-state index is -4.61. The van der Waals surface area contributed by atoms with Crippen molar-refractivity contribution >= 4 is 34.2 Å². The molecule has 38 heavy (non-hydrogen) atoms. The fourth-order valence-electron chi connectivity index (χ4n) is 4.20. The van der Waals surface area contributed by atoms with Crippen molar-refractivity contribution in [3.05, 3.63) is 77.6 Å². The molecular weight excluding hydrogens is 528 g/mol. The van der Waals surface area contributed by atoms with Crippen LogP contribution in [0.25, 0.3) is 22.4 Å². The third kappa shape index (κ3) is 5.86. The van der Waals surface area contributed by atoms with Gasteiger partial charge < -0.3 is 5.32 Å². The summed E-state index contributed by atoms with van der Waals surface area (Å²) < 4.78 is 79.8. The van der Waals surface area contributed by atoms with Crippen LogP contribution in [0.15, 0.2) is 60.8 Å². The highest BCUT2D eigenvalue weighted by Gasteiger charge is 2.35. The predicted molar refractivity (Wildman–Crippen MR) is 135 cm³/mol. The van der Waals surface area contributed by atoms with Crippen LogP contribution < -0.4 is 5.32 Å². The largest absolute Gasteiger partial charge is 0.418 e. The van der Waals surface area contributed by atoms with E-state index in [1.807, 2.05) is 11.8 Å². The van der Waals surface area contributed by atoms with Crippen LogP contribution in [-0.4, -0.2) is 44.4 Å². The Kier molecular flexibility index (Phi) is 7.19. The average molecular weight is 550 g/mol. The second kappa shape index (κ2) is 10.4. The first-order valence-corrected chi connectivity index (χ1v) is 12.8. The molecule has 0 aliphatic carbocycles. The van der Waals surface area contributed by atoms with Gasteiger partial charge in [0.05, 0.1) is 28.2 Å². The Morgan fingerprint density at radius 3 is 2.29 bits per heavy atom. The number of pyridine rings is 3. The first kappa shape index (κ1) is 26.2. The molecule has 1 aliphatic rings. The first-order chi connectivity index (χ1) is 18.1. The molecule has 1 N–H and O–H groups in total. The number of nitrogens with one attached hydrogen (secondary N) is 1. The topological polar surface area (TPSA) is 53.9 Å². The Morgan fingerprint density at radius 2 is 1.61 bits per heavy atom. The number of anilines is 2. The monoisotopic (exact) mass is 549 g/mol. The van der Waals surface area contributed by atoms with Gasteiger partial charge in [0.25, 0.3) is 0 Å². The van der Waals surface area contributed by atoms with Crippen molar-refractivity contribution in [2.24, 2.45) is 0 Å². The molecule has 198 valence electrons. The minimum Gasteiger partial charge on any atom is -0.355 e. The molecule has 1 aliphatic heterocycles. The van der Waals surface area contributed by atoms with Gasteiger partial charge in [-0.15, -0.1) is 0 Å². The highest BCUT2D eigenvalue weighted by molar-refractivity contribution is 7.99. The smallest absolute Gasteiger partial charge is 0.355 e. The van der Waals surface area contributed by atoms with E-state index < -0.39 is 23.5 Å². The molecule has 5 nitrogen and oxygen atoms in total. The van der Waals surface area contributed by atoms with Gasteiger partial charge in [-0.25, -0.2) is 9.97 Å². The number of aromatic nitrogens is 3. The van der Waals surface area contributed by atoms with Crippen molar-refractivity contribution in [2.75, 3.05) is 29.9 Å². The molecule has 0 atom stereocenters. The molecule has 0 unspecified atom stereocenters. The summed E-state index contributed by atoms with van der Waals surface area (Å²) in [5.41, 5.74) is -0.166. The van der Waals surface area contributed by atoms with Gasteiger partial charge in [-0.3, -0.25) is 9.88 Å². The van der Waals surface area contributed by atoms with Crippen LogP contribution in [0.3, 0.4) is 0 Å². The van der Waals surface area contributed by atoms with Crippen molar-refractivity contribution in [3.63, 3.8) is 0 Å². The van der Waals surface area contributed by atoms with E-state index >= 15 is 0 Å². The van der Waals surface area contributed by atoms with E-state index in [9.17, 15) is 26.3 Å². The molecule has 1 aromatic carbocycles. The van der Waals surface area contributed by atoms with Gasteiger partial charge in [-0.1, -0.05) is 0 Å². The number of thioether (sulfide) groups is 1. The maximum atomic E-state index is 13.6. The molecular formula is C26H21F6N5S. The van der Waals surface area contributed by atoms with E-state index in [0.29, 0.717) is 29.0 Å². The normalized spacial score (nSPS) is 15.1. The molecule has 4 heterocycles. The van der Waals surface area contributed by atoms with Crippen LogP contribution in [0.2, 0.25) is 0 Å². The maximum absolute atomic E-state index is 13.6. The standard InChI is InChI=1S/C26H21F6N5S/c27-25(28,29)16-3-5-17(6-4-16)34-22-14-18(15-37-10-12-38-13-11-37)35-24-19(22)7-8-21(36-24)23-20(26(30,31)32)2-1-9-33-23/h1-9,14H,10-13,15H2,(H,34,35,36). The van der Waals surface area contributed by atoms with E-state index in [0.717, 1.165) is 42.8 Å². The fourth-order valence-corrected chi connectivity index (χ4v) is 5.18. The number of alkyl halides is 6. The molecule has 0 spiro atoms. The number of benzene rings is 1. The Labute approximate surface area is 218 Å². The van der Waals surface area contributed by atoms with Crippen LogP contribution >= 0.6 is 11.8 Å². The summed E-state index contributed by atoms with van der Waals surface area (Å²) in [6, 6.07) is 11.6. The van der Waals surface area contributed by atoms with Crippen LogP contribution in [-0.2, 0) is 18.9 Å². The molecule has 1 fully saturated rings. The van der Waals surface area contributed by atoms with Gasteiger partial charge in [-0.05, 0) is 54.6 Å². The highest BCUT2D eigenvalue weighted by Crippen LogP contribution is 2.36. The summed E-state index contributed by atoms with van der Waals surface area (Å²) in [5.74, 6) is 1.96. The molecule has 0 amide bonds. The average Bonchev–Trinajstić information content (AvgIpc) is 2.88. The lowest BCUT2D eigenvalue weighted by molar-refractivity contribution is -0.138. The van der Waals surface area contributed by atoms with E-state index in [-0.39, 0.29) is 17.0 Å². The fraction of sp³-hybridized carbons (Fsp3) is 0.269. The number of nitrogens with zero attached hydrogens (tertiary/aromatic N) is 4. The third-order valence-corrected chi connectivity index (χ3v) is 7.00. The van der Waals surface area contributed by atoms with E-state index in [4.69, 9.17) is 0 Å². The van der Waals surface area contributed by atoms with Gasteiger partial charge in [0, 0.05) is 48.4 Å². The predicted octanol–water partition coefficient (Wildman–Crippen LogP) is 7.02. The summed E-state index contributed by atoms with van der Waals surface area (Å²) in [6.07, 6.45) is -7.80. The van der Waals surface area contributed by atoms with Gasteiger partial charge in [0.15, 0.2) is 5.65 Å². The molecule has 0 radical (unpaired) electrons. The summed E-state index contributed by atoms with van der Waals surface area (Å²) in [5, 5.41) is 3.64. The summed E-state index contributed by atoms with van der Waals surface area (Å²) in [7, 11) is 0. The number of rotatable bonds is 5. The number of halogens is 6. The van der Waals surface area contributed by atoms with Crippen LogP contribution in [0, 0.1) is 0 Å². The van der Waals surface area contributed by atoms with Gasteiger partial charge in [0.1, 0.15) is 5.69 Å². The van der Waals surface area contributed by atoms with Gasteiger partial charge >= 0.3 is 12.4 Å². The quantitative estimate of drug-likeness (QED) is 0.270. The molecule has 5 rings (SSSR count). The van der Waals surface area contributed by atoms with Crippen molar-refractivity contribution in [1.29, 1.82) is 0 Å². The number of fused-ring (bicyclic) bond motifs is 1. The first-order valence-electron chi connectivity index (χ1n) is 11.7. The van der Waals surface area contributed by atoms with Crippen molar-refractivity contribution in [3.8, 4) is 11.4 Å². The number of hydrogen-bond donors (Lipinski definition) is 1. The lowest BCUT2D eigenvalue weighted by atomic mass is 10.1. The SMILES string of the molecule is FC(F)(F)c1ccc(Nc2cc(CN3CCSCC3)nc3nc(-c4ncccc4C(F)(F)F)ccc23)cc1. The van der Waals surface area contributed by atoms with Crippen molar-refractivity contribution in [1.82, 2.24) is 19.9 Å². The molecule has 0 saturated carbocycles. The van der Waals surface area contributed by atoms with Gasteiger partial charge in [0.2, 0.25) is 0 Å². The molecule has 1 saturated heterocycles. The Bertz CT molecular complexity index is 1430. The van der Waals surface area contributed by atoms with Gasteiger partial charge in [-0.2, -0.15) is 38.1 Å². The van der Waals surface area contributed by atoms with Crippen molar-refractivity contribution < 1.29 is 26.3 Å². The van der Waals surface area contributed by atoms with E-state index in [2.05, 4.69) is 25.2 Å². The lowest BCUT2D eigenvalue weighted by Gasteiger charge is -2.26. The number of hydrogen-bond acceptors (Lipinski definition) is 6. The lowest BCUT2D eigenvalue weighted by Crippen LogP contribution is -2.32. The van der Waals surface area contributed by atoms with Crippen LogP contribution in [0.1, 0.15) is 16.8 Å².